The third kappa shape index (κ3) is 4.80. The van der Waals surface area contributed by atoms with Crippen molar-refractivity contribution in [3.05, 3.63) is 77.9 Å². The van der Waals surface area contributed by atoms with E-state index in [9.17, 15) is 18.0 Å². The highest BCUT2D eigenvalue weighted by molar-refractivity contribution is 7.99. The Morgan fingerprint density at radius 1 is 1.00 bits per heavy atom. The first-order valence-electron chi connectivity index (χ1n) is 10.2. The number of anilines is 2. The summed E-state index contributed by atoms with van der Waals surface area (Å²) in [7, 11) is -2.13. The van der Waals surface area contributed by atoms with Crippen LogP contribution in [-0.2, 0) is 14.8 Å². The highest BCUT2D eigenvalue weighted by atomic mass is 32.2. The second-order valence-electron chi connectivity index (χ2n) is 7.79. The molecule has 0 bridgehead atoms. The van der Waals surface area contributed by atoms with Crippen molar-refractivity contribution >= 4 is 45.0 Å². The van der Waals surface area contributed by atoms with E-state index in [2.05, 4.69) is 10.0 Å². The highest BCUT2D eigenvalue weighted by Crippen LogP contribution is 2.41. The Morgan fingerprint density at radius 2 is 1.70 bits per heavy atom. The first-order chi connectivity index (χ1) is 15.7. The molecule has 1 heterocycles. The Kier molecular flexibility index (Phi) is 6.29. The number of aryl methyl sites for hydroxylation is 1. The molecule has 0 saturated heterocycles. The molecular weight excluding hydrogens is 458 g/mol. The van der Waals surface area contributed by atoms with Crippen LogP contribution in [0.15, 0.2) is 81.4 Å². The van der Waals surface area contributed by atoms with Crippen LogP contribution in [0.25, 0.3) is 0 Å². The smallest absolute Gasteiger partial charge is 0.259 e. The van der Waals surface area contributed by atoms with Crippen molar-refractivity contribution in [1.29, 1.82) is 0 Å². The molecule has 0 aliphatic carbocycles. The second kappa shape index (κ2) is 9.01. The lowest BCUT2D eigenvalue weighted by atomic mass is 10.2. The fraction of sp³-hybridized carbons (Fsp3) is 0.167. The molecule has 2 N–H and O–H groups in total. The number of fused-ring (bicyclic) bond motifs is 2. The number of nitrogens with one attached hydrogen (secondary N) is 2. The van der Waals surface area contributed by atoms with Crippen LogP contribution < -0.4 is 14.9 Å². The lowest BCUT2D eigenvalue weighted by Crippen LogP contribution is -2.41. The largest absolute Gasteiger partial charge is 0.325 e. The summed E-state index contributed by atoms with van der Waals surface area (Å²) >= 11 is 1.44. The Balaban J connectivity index is 1.52. The Bertz CT molecular complexity index is 1340. The molecule has 4 rings (SSSR count). The molecule has 2 amide bonds. The average Bonchev–Trinajstić information content (AvgIpc) is 2.88. The van der Waals surface area contributed by atoms with Gasteiger partial charge in [0.2, 0.25) is 15.9 Å². The van der Waals surface area contributed by atoms with E-state index < -0.39 is 22.0 Å². The van der Waals surface area contributed by atoms with Crippen LogP contribution in [0.5, 0.6) is 0 Å². The Morgan fingerprint density at radius 3 is 2.42 bits per heavy atom. The van der Waals surface area contributed by atoms with Gasteiger partial charge in [-0.15, -0.1) is 0 Å². The number of nitrogens with zero attached hydrogens (tertiary/aromatic N) is 1. The maximum atomic E-state index is 12.8. The lowest BCUT2D eigenvalue weighted by molar-refractivity contribution is -0.117. The molecule has 0 saturated carbocycles. The number of rotatable bonds is 5. The van der Waals surface area contributed by atoms with E-state index in [1.54, 1.807) is 48.3 Å². The van der Waals surface area contributed by atoms with Gasteiger partial charge in [0, 0.05) is 22.5 Å². The summed E-state index contributed by atoms with van der Waals surface area (Å²) in [5, 5.41) is 2.76. The molecule has 3 aromatic rings. The molecule has 3 aromatic carbocycles. The Hall–Kier alpha value is -3.14. The molecule has 1 aliphatic heterocycles. The van der Waals surface area contributed by atoms with E-state index >= 15 is 0 Å². The average molecular weight is 482 g/mol. The van der Waals surface area contributed by atoms with E-state index in [-0.39, 0.29) is 10.8 Å². The van der Waals surface area contributed by atoms with Crippen molar-refractivity contribution in [3.8, 4) is 0 Å². The van der Waals surface area contributed by atoms with Gasteiger partial charge >= 0.3 is 0 Å². The van der Waals surface area contributed by atoms with Crippen LogP contribution >= 0.6 is 11.8 Å². The normalized spacial score (nSPS) is 14.2. The summed E-state index contributed by atoms with van der Waals surface area (Å²) in [6.45, 7) is 3.35. The van der Waals surface area contributed by atoms with Crippen LogP contribution in [-0.4, -0.2) is 33.3 Å². The first-order valence-corrected chi connectivity index (χ1v) is 12.5. The van der Waals surface area contributed by atoms with Gasteiger partial charge in [-0.25, -0.2) is 8.42 Å². The number of sulfonamides is 1. The predicted octanol–water partition coefficient (Wildman–Crippen LogP) is 4.04. The van der Waals surface area contributed by atoms with E-state index in [1.165, 1.54) is 30.8 Å². The molecular formula is C24H23N3O4S2. The topological polar surface area (TPSA) is 95.6 Å². The van der Waals surface area contributed by atoms with Crippen molar-refractivity contribution in [2.75, 3.05) is 17.3 Å². The summed E-state index contributed by atoms with van der Waals surface area (Å²) in [6.07, 6.45) is 0. The zero-order valence-corrected chi connectivity index (χ0v) is 20.0. The van der Waals surface area contributed by atoms with E-state index in [0.717, 1.165) is 21.0 Å². The van der Waals surface area contributed by atoms with Gasteiger partial charge in [0.15, 0.2) is 0 Å². The molecule has 7 nitrogen and oxygen atoms in total. The molecule has 0 spiro atoms. The van der Waals surface area contributed by atoms with Gasteiger partial charge < -0.3 is 10.2 Å². The van der Waals surface area contributed by atoms with Crippen molar-refractivity contribution in [2.24, 2.45) is 0 Å². The first kappa shape index (κ1) is 23.0. The molecule has 0 radical (unpaired) electrons. The second-order valence-corrected chi connectivity index (χ2v) is 10.6. The van der Waals surface area contributed by atoms with Crippen LogP contribution in [0, 0.1) is 6.92 Å². The molecule has 0 aromatic heterocycles. The van der Waals surface area contributed by atoms with Gasteiger partial charge in [0.25, 0.3) is 5.91 Å². The fourth-order valence-electron chi connectivity index (χ4n) is 3.41. The lowest BCUT2D eigenvalue weighted by Gasteiger charge is -2.19. The minimum Gasteiger partial charge on any atom is -0.325 e. The SMILES string of the molecule is Cc1ccc(S(=O)(=O)N[C@H](C)C(=O)Nc2ccc3c(c2)Sc2ccccc2C(=O)N3C)cc1. The van der Waals surface area contributed by atoms with Crippen molar-refractivity contribution in [2.45, 2.75) is 34.6 Å². The predicted molar refractivity (Wildman–Crippen MR) is 129 cm³/mol. The zero-order valence-electron chi connectivity index (χ0n) is 18.3. The molecule has 0 unspecified atom stereocenters. The van der Waals surface area contributed by atoms with Crippen LogP contribution in [0.2, 0.25) is 0 Å². The number of carbonyl (C=O) groups excluding carboxylic acids is 2. The number of hydrogen-bond donors (Lipinski definition) is 2. The standard InChI is InChI=1S/C24H23N3O4S2/c1-15-8-11-18(12-9-15)33(30,31)26-16(2)23(28)25-17-10-13-20-22(14-17)32-21-7-5-4-6-19(21)24(29)27(20)3/h4-14,16,26H,1-3H3,(H,25,28)/t16-/m1/s1. The third-order valence-electron chi connectivity index (χ3n) is 5.29. The van der Waals surface area contributed by atoms with Gasteiger partial charge in [0.05, 0.1) is 22.2 Å². The number of hydrogen-bond acceptors (Lipinski definition) is 5. The van der Waals surface area contributed by atoms with E-state index in [4.69, 9.17) is 0 Å². The molecule has 0 fully saturated rings. The van der Waals surface area contributed by atoms with Gasteiger partial charge in [-0.1, -0.05) is 41.6 Å². The van der Waals surface area contributed by atoms with Gasteiger partial charge in [-0.2, -0.15) is 4.72 Å². The maximum absolute atomic E-state index is 12.8. The third-order valence-corrected chi connectivity index (χ3v) is 7.97. The maximum Gasteiger partial charge on any atom is 0.259 e. The number of benzene rings is 3. The van der Waals surface area contributed by atoms with Crippen molar-refractivity contribution in [1.82, 2.24) is 4.72 Å². The van der Waals surface area contributed by atoms with Crippen LogP contribution in [0.3, 0.4) is 0 Å². The molecule has 1 aliphatic rings. The minimum atomic E-state index is -3.84. The number of amides is 2. The summed E-state index contributed by atoms with van der Waals surface area (Å²) in [5.41, 5.74) is 2.79. The van der Waals surface area contributed by atoms with Gasteiger partial charge in [-0.05, 0) is 56.3 Å². The number of carbonyl (C=O) groups is 2. The van der Waals surface area contributed by atoms with Crippen molar-refractivity contribution < 1.29 is 18.0 Å². The molecule has 9 heteroatoms. The summed E-state index contributed by atoms with van der Waals surface area (Å²) in [5.74, 6) is -0.596. The van der Waals surface area contributed by atoms with Crippen molar-refractivity contribution in [3.63, 3.8) is 0 Å². The monoisotopic (exact) mass is 481 g/mol. The quantitative estimate of drug-likeness (QED) is 0.573. The summed E-state index contributed by atoms with van der Waals surface area (Å²) in [4.78, 5) is 28.8. The van der Waals surface area contributed by atoms with Gasteiger partial charge in [-0.3, -0.25) is 9.59 Å². The van der Waals surface area contributed by atoms with E-state index in [0.29, 0.717) is 11.3 Å². The minimum absolute atomic E-state index is 0.0977. The van der Waals surface area contributed by atoms with E-state index in [1.807, 2.05) is 25.1 Å². The Labute approximate surface area is 197 Å². The van der Waals surface area contributed by atoms with Crippen LogP contribution in [0.4, 0.5) is 11.4 Å². The van der Waals surface area contributed by atoms with Gasteiger partial charge in [0.1, 0.15) is 0 Å². The fourth-order valence-corrected chi connectivity index (χ4v) is 5.76. The summed E-state index contributed by atoms with van der Waals surface area (Å²) in [6, 6.07) is 18.0. The van der Waals surface area contributed by atoms with Crippen LogP contribution in [0.1, 0.15) is 22.8 Å². The summed E-state index contributed by atoms with van der Waals surface area (Å²) < 4.78 is 27.6. The highest BCUT2D eigenvalue weighted by Gasteiger charge is 2.26. The molecule has 33 heavy (non-hydrogen) atoms. The molecule has 170 valence electrons. The zero-order chi connectivity index (χ0) is 23.8. The molecule has 1 atom stereocenters.